The van der Waals surface area contributed by atoms with Gasteiger partial charge in [-0.05, 0) is 86.6 Å². The number of urea groups is 1. The van der Waals surface area contributed by atoms with Crippen LogP contribution in [-0.2, 0) is 0 Å². The minimum absolute atomic E-state index is 0.100. The number of hydrogen-bond acceptors (Lipinski definition) is 4. The number of ether oxygens (including phenoxy) is 1. The lowest BCUT2D eigenvalue weighted by atomic mass is 10.1. The maximum Gasteiger partial charge on any atom is 0.323 e. The fourth-order valence-corrected chi connectivity index (χ4v) is 4.08. The maximum absolute atomic E-state index is 12.5. The summed E-state index contributed by atoms with van der Waals surface area (Å²) in [6.07, 6.45) is 2.30. The largest absolute Gasteiger partial charge is 0.457 e. The lowest BCUT2D eigenvalue weighted by molar-refractivity contribution is 0.0941. The lowest BCUT2D eigenvalue weighted by Gasteiger charge is -2.22. The molecule has 1 fully saturated rings. The number of anilines is 2. The molecule has 0 bridgehead atoms. The standard InChI is InChI=1S/C27H30N4O3/c1-2-31-18-6-7-23(31)19-28-26(32)20-10-12-21(13-11-20)29-27(33)30-22-14-16-25(17-15-22)34-24-8-4-3-5-9-24/h3-5,8-17,23H,2,6-7,18-19H2,1H3,(H,28,32)(H2,29,30,33). The molecule has 34 heavy (non-hydrogen) atoms. The Morgan fingerprint density at radius 3 is 2.15 bits per heavy atom. The van der Waals surface area contributed by atoms with E-state index in [2.05, 4.69) is 27.8 Å². The summed E-state index contributed by atoms with van der Waals surface area (Å²) < 4.78 is 5.76. The van der Waals surface area contributed by atoms with Gasteiger partial charge in [-0.15, -0.1) is 0 Å². The molecule has 1 heterocycles. The molecule has 0 radical (unpaired) electrons. The van der Waals surface area contributed by atoms with Crippen LogP contribution < -0.4 is 20.7 Å². The first-order chi connectivity index (χ1) is 16.6. The van der Waals surface area contributed by atoms with E-state index in [1.807, 2.05) is 30.3 Å². The van der Waals surface area contributed by atoms with Crippen molar-refractivity contribution in [2.75, 3.05) is 30.3 Å². The Balaban J connectivity index is 1.24. The molecule has 0 aliphatic carbocycles. The zero-order valence-corrected chi connectivity index (χ0v) is 19.3. The Hall–Kier alpha value is -3.84. The van der Waals surface area contributed by atoms with Crippen LogP contribution in [-0.4, -0.2) is 42.5 Å². The molecular weight excluding hydrogens is 428 g/mol. The summed E-state index contributed by atoms with van der Waals surface area (Å²) >= 11 is 0. The Morgan fingerprint density at radius 2 is 1.50 bits per heavy atom. The van der Waals surface area contributed by atoms with Crippen molar-refractivity contribution < 1.29 is 14.3 Å². The van der Waals surface area contributed by atoms with Crippen molar-refractivity contribution in [3.8, 4) is 11.5 Å². The van der Waals surface area contributed by atoms with E-state index in [0.717, 1.165) is 25.3 Å². The van der Waals surface area contributed by atoms with E-state index in [-0.39, 0.29) is 11.9 Å². The van der Waals surface area contributed by atoms with Crippen LogP contribution in [0.3, 0.4) is 0 Å². The molecule has 3 amide bonds. The van der Waals surface area contributed by atoms with Crippen LogP contribution in [0.15, 0.2) is 78.9 Å². The van der Waals surface area contributed by atoms with Crippen molar-refractivity contribution >= 4 is 23.3 Å². The van der Waals surface area contributed by atoms with Gasteiger partial charge in [0.15, 0.2) is 0 Å². The summed E-state index contributed by atoms with van der Waals surface area (Å²) in [5.74, 6) is 1.33. The predicted molar refractivity (Wildman–Crippen MR) is 135 cm³/mol. The fourth-order valence-electron chi connectivity index (χ4n) is 4.08. The minimum atomic E-state index is -0.366. The molecule has 176 valence electrons. The van der Waals surface area contributed by atoms with Crippen LogP contribution in [0, 0.1) is 0 Å². The minimum Gasteiger partial charge on any atom is -0.457 e. The first-order valence-electron chi connectivity index (χ1n) is 11.6. The second-order valence-corrected chi connectivity index (χ2v) is 8.23. The van der Waals surface area contributed by atoms with Gasteiger partial charge in [0.05, 0.1) is 0 Å². The predicted octanol–water partition coefficient (Wildman–Crippen LogP) is 5.34. The summed E-state index contributed by atoms with van der Waals surface area (Å²) in [6, 6.07) is 23.6. The van der Waals surface area contributed by atoms with E-state index in [1.165, 1.54) is 6.42 Å². The van der Waals surface area contributed by atoms with Gasteiger partial charge in [-0.25, -0.2) is 4.79 Å². The molecule has 3 N–H and O–H groups in total. The van der Waals surface area contributed by atoms with Gasteiger partial charge in [-0.1, -0.05) is 25.1 Å². The number of amides is 3. The number of nitrogens with zero attached hydrogens (tertiary/aromatic N) is 1. The maximum atomic E-state index is 12.5. The van der Waals surface area contributed by atoms with Gasteiger partial charge >= 0.3 is 6.03 Å². The Labute approximate surface area is 200 Å². The van der Waals surface area contributed by atoms with Gasteiger partial charge in [-0.2, -0.15) is 0 Å². The summed E-state index contributed by atoms with van der Waals surface area (Å²) in [6.45, 7) is 4.92. The topological polar surface area (TPSA) is 82.7 Å². The van der Waals surface area contributed by atoms with Crippen LogP contribution in [0.25, 0.3) is 0 Å². The van der Waals surface area contributed by atoms with Crippen LogP contribution in [0.4, 0.5) is 16.2 Å². The first-order valence-corrected chi connectivity index (χ1v) is 11.6. The Bertz CT molecular complexity index is 1090. The summed E-state index contributed by atoms with van der Waals surface area (Å²) in [5, 5.41) is 8.60. The van der Waals surface area contributed by atoms with Crippen molar-refractivity contribution in [1.82, 2.24) is 10.2 Å². The number of benzene rings is 3. The van der Waals surface area contributed by atoms with E-state index in [4.69, 9.17) is 4.74 Å². The molecule has 7 heteroatoms. The van der Waals surface area contributed by atoms with Crippen molar-refractivity contribution in [2.24, 2.45) is 0 Å². The quantitative estimate of drug-likeness (QED) is 0.426. The van der Waals surface area contributed by atoms with Gasteiger partial charge in [0.2, 0.25) is 0 Å². The van der Waals surface area contributed by atoms with E-state index in [9.17, 15) is 9.59 Å². The van der Waals surface area contributed by atoms with Crippen LogP contribution >= 0.6 is 0 Å². The van der Waals surface area contributed by atoms with Crippen LogP contribution in [0.5, 0.6) is 11.5 Å². The molecule has 7 nitrogen and oxygen atoms in total. The number of carbonyl (C=O) groups is 2. The first kappa shape index (κ1) is 23.3. The monoisotopic (exact) mass is 458 g/mol. The average molecular weight is 459 g/mol. The SMILES string of the molecule is CCN1CCCC1CNC(=O)c1ccc(NC(=O)Nc2ccc(Oc3ccccc3)cc2)cc1. The molecule has 3 aromatic rings. The van der Waals surface area contributed by atoms with Crippen LogP contribution in [0.2, 0.25) is 0 Å². The number of nitrogens with one attached hydrogen (secondary N) is 3. The van der Waals surface area contributed by atoms with Gasteiger partial charge in [-0.3, -0.25) is 9.69 Å². The van der Waals surface area contributed by atoms with Gasteiger partial charge in [0.25, 0.3) is 5.91 Å². The molecular formula is C27H30N4O3. The normalized spacial score (nSPS) is 15.5. The molecule has 4 rings (SSSR count). The molecule has 1 saturated heterocycles. The van der Waals surface area contributed by atoms with E-state index in [0.29, 0.717) is 35.3 Å². The highest BCUT2D eigenvalue weighted by molar-refractivity contribution is 6.00. The van der Waals surface area contributed by atoms with Gasteiger partial charge in [0, 0.05) is 29.5 Å². The molecule has 0 spiro atoms. The van der Waals surface area contributed by atoms with Crippen molar-refractivity contribution in [1.29, 1.82) is 0 Å². The molecule has 1 unspecified atom stereocenters. The molecule has 1 aliphatic heterocycles. The van der Waals surface area contributed by atoms with E-state index >= 15 is 0 Å². The Morgan fingerprint density at radius 1 is 0.882 bits per heavy atom. The van der Waals surface area contributed by atoms with Crippen molar-refractivity contribution in [3.63, 3.8) is 0 Å². The van der Waals surface area contributed by atoms with Crippen LogP contribution in [0.1, 0.15) is 30.1 Å². The highest BCUT2D eigenvalue weighted by atomic mass is 16.5. The second kappa shape index (κ2) is 11.3. The average Bonchev–Trinajstić information content (AvgIpc) is 3.32. The molecule has 0 saturated carbocycles. The number of likely N-dealkylation sites (tertiary alicyclic amines) is 1. The van der Waals surface area contributed by atoms with Gasteiger partial charge < -0.3 is 20.7 Å². The number of likely N-dealkylation sites (N-methyl/N-ethyl adjacent to an activating group) is 1. The molecule has 1 aliphatic rings. The summed E-state index contributed by atoms with van der Waals surface area (Å²) in [5.41, 5.74) is 1.81. The molecule has 1 atom stereocenters. The van der Waals surface area contributed by atoms with Gasteiger partial charge in [0.1, 0.15) is 11.5 Å². The Kier molecular flexibility index (Phi) is 7.78. The molecule has 0 aromatic heterocycles. The van der Waals surface area contributed by atoms with E-state index < -0.39 is 0 Å². The third kappa shape index (κ3) is 6.36. The fraction of sp³-hybridized carbons (Fsp3) is 0.259. The lowest BCUT2D eigenvalue weighted by Crippen LogP contribution is -2.40. The second-order valence-electron chi connectivity index (χ2n) is 8.23. The third-order valence-electron chi connectivity index (χ3n) is 5.90. The number of rotatable bonds is 8. The zero-order chi connectivity index (χ0) is 23.8. The number of hydrogen-bond donors (Lipinski definition) is 3. The number of carbonyl (C=O) groups excluding carboxylic acids is 2. The number of para-hydroxylation sites is 1. The highest BCUT2D eigenvalue weighted by Gasteiger charge is 2.23. The highest BCUT2D eigenvalue weighted by Crippen LogP contribution is 2.23. The van der Waals surface area contributed by atoms with Crippen molar-refractivity contribution in [2.45, 2.75) is 25.8 Å². The van der Waals surface area contributed by atoms with Crippen molar-refractivity contribution in [3.05, 3.63) is 84.4 Å². The zero-order valence-electron chi connectivity index (χ0n) is 19.3. The van der Waals surface area contributed by atoms with E-state index in [1.54, 1.807) is 48.5 Å². The third-order valence-corrected chi connectivity index (χ3v) is 5.90. The summed E-state index contributed by atoms with van der Waals surface area (Å²) in [4.78, 5) is 27.2. The summed E-state index contributed by atoms with van der Waals surface area (Å²) in [7, 11) is 0. The smallest absolute Gasteiger partial charge is 0.323 e. The molecule has 3 aromatic carbocycles.